The Morgan fingerprint density at radius 3 is 2.07 bits per heavy atom. The van der Waals surface area contributed by atoms with Gasteiger partial charge in [-0.15, -0.1) is 0 Å². The molecule has 3 nitrogen and oxygen atoms in total. The van der Waals surface area contributed by atoms with Gasteiger partial charge in [0.1, 0.15) is 5.75 Å². The van der Waals surface area contributed by atoms with Crippen molar-refractivity contribution >= 4 is 0 Å². The maximum Gasteiger partial charge on any atom is 0.119 e. The molecule has 0 aliphatic rings. The van der Waals surface area contributed by atoms with Gasteiger partial charge in [0.2, 0.25) is 0 Å². The molecule has 0 heterocycles. The summed E-state index contributed by atoms with van der Waals surface area (Å²) in [5.74, 6) is 0.889. The lowest BCUT2D eigenvalue weighted by molar-refractivity contribution is 0.242. The molecule has 0 saturated heterocycles. The van der Waals surface area contributed by atoms with Gasteiger partial charge < -0.3 is 10.5 Å². The first kappa shape index (κ1) is 12.0. The smallest absolute Gasteiger partial charge is 0.119 e. The molecule has 0 aromatic heterocycles. The summed E-state index contributed by atoms with van der Waals surface area (Å²) in [4.78, 5) is 1.97. The van der Waals surface area contributed by atoms with Crippen molar-refractivity contribution in [3.05, 3.63) is 29.8 Å². The van der Waals surface area contributed by atoms with Crippen LogP contribution in [0.2, 0.25) is 0 Å². The van der Waals surface area contributed by atoms with Gasteiger partial charge >= 0.3 is 0 Å². The summed E-state index contributed by atoms with van der Waals surface area (Å²) in [6.45, 7) is 4.03. The molecule has 0 radical (unpaired) electrons. The molecular formula is C12H20N2O. The van der Waals surface area contributed by atoms with Crippen molar-refractivity contribution in [2.45, 2.75) is 26.1 Å². The monoisotopic (exact) mass is 208 g/mol. The molecule has 1 unspecified atom stereocenters. The molecule has 15 heavy (non-hydrogen) atoms. The second-order valence-corrected chi connectivity index (χ2v) is 4.14. The Kier molecular flexibility index (Phi) is 4.12. The molecular weight excluding hydrogens is 188 g/mol. The van der Waals surface area contributed by atoms with Crippen LogP contribution in [0, 0.1) is 0 Å². The fourth-order valence-corrected chi connectivity index (χ4v) is 1.31. The van der Waals surface area contributed by atoms with E-state index >= 15 is 0 Å². The third-order valence-electron chi connectivity index (χ3n) is 2.15. The minimum absolute atomic E-state index is 0.0573. The zero-order valence-corrected chi connectivity index (χ0v) is 9.90. The van der Waals surface area contributed by atoms with Crippen molar-refractivity contribution in [2.75, 3.05) is 14.1 Å². The number of nitrogens with two attached hydrogens (primary N) is 1. The van der Waals surface area contributed by atoms with Gasteiger partial charge in [-0.1, -0.05) is 12.1 Å². The number of rotatable bonds is 4. The average Bonchev–Trinajstić information content (AvgIpc) is 2.17. The Labute approximate surface area is 91.8 Å². The van der Waals surface area contributed by atoms with Crippen molar-refractivity contribution in [1.82, 2.24) is 4.90 Å². The molecule has 0 saturated carbocycles. The van der Waals surface area contributed by atoms with Crippen molar-refractivity contribution in [3.8, 4) is 5.75 Å². The van der Waals surface area contributed by atoms with Crippen LogP contribution in [0.5, 0.6) is 5.75 Å². The van der Waals surface area contributed by atoms with E-state index in [4.69, 9.17) is 10.5 Å². The Balaban J connectivity index is 2.72. The topological polar surface area (TPSA) is 38.5 Å². The lowest BCUT2D eigenvalue weighted by Crippen LogP contribution is -2.27. The number of nitrogens with zero attached hydrogens (tertiary/aromatic N) is 1. The summed E-state index contributed by atoms with van der Waals surface area (Å²) in [5, 5.41) is 0. The lowest BCUT2D eigenvalue weighted by atomic mass is 10.1. The minimum Gasteiger partial charge on any atom is -0.491 e. The Morgan fingerprint density at radius 2 is 1.67 bits per heavy atom. The number of ether oxygens (including phenoxy) is 1. The van der Waals surface area contributed by atoms with Crippen LogP contribution in [-0.2, 0) is 0 Å². The van der Waals surface area contributed by atoms with Gasteiger partial charge in [-0.25, -0.2) is 0 Å². The van der Waals surface area contributed by atoms with Gasteiger partial charge in [0.25, 0.3) is 0 Å². The highest BCUT2D eigenvalue weighted by Crippen LogP contribution is 2.18. The van der Waals surface area contributed by atoms with Crippen molar-refractivity contribution < 1.29 is 4.74 Å². The molecule has 1 aromatic carbocycles. The van der Waals surface area contributed by atoms with Crippen molar-refractivity contribution in [1.29, 1.82) is 0 Å². The largest absolute Gasteiger partial charge is 0.491 e. The van der Waals surface area contributed by atoms with Crippen LogP contribution < -0.4 is 10.5 Å². The van der Waals surface area contributed by atoms with Gasteiger partial charge in [-0.3, -0.25) is 4.90 Å². The van der Waals surface area contributed by atoms with Crippen LogP contribution in [0.1, 0.15) is 25.6 Å². The van der Waals surface area contributed by atoms with E-state index in [1.165, 1.54) is 0 Å². The van der Waals surface area contributed by atoms with Gasteiger partial charge in [-0.2, -0.15) is 0 Å². The van der Waals surface area contributed by atoms with E-state index in [1.807, 2.05) is 57.1 Å². The van der Waals surface area contributed by atoms with E-state index in [9.17, 15) is 0 Å². The first-order valence-electron chi connectivity index (χ1n) is 5.19. The zero-order chi connectivity index (χ0) is 11.4. The van der Waals surface area contributed by atoms with Crippen LogP contribution in [-0.4, -0.2) is 25.1 Å². The molecule has 1 rings (SSSR count). The normalized spacial score (nSPS) is 13.3. The highest BCUT2D eigenvalue weighted by Gasteiger charge is 2.07. The number of hydrogen-bond donors (Lipinski definition) is 1. The maximum absolute atomic E-state index is 5.97. The second kappa shape index (κ2) is 5.14. The molecule has 0 amide bonds. The van der Waals surface area contributed by atoms with Gasteiger partial charge in [-0.05, 0) is 45.6 Å². The Hall–Kier alpha value is -1.06. The van der Waals surface area contributed by atoms with Gasteiger partial charge in [0, 0.05) is 0 Å². The second-order valence-electron chi connectivity index (χ2n) is 4.14. The standard InChI is InChI=1S/C12H20N2O/c1-9(2)15-11-7-5-10(6-8-11)12(13)14(3)4/h5-9,12H,13H2,1-4H3. The quantitative estimate of drug-likeness (QED) is 0.769. The van der Waals surface area contributed by atoms with E-state index in [2.05, 4.69) is 0 Å². The number of hydrogen-bond acceptors (Lipinski definition) is 3. The molecule has 0 aliphatic carbocycles. The highest BCUT2D eigenvalue weighted by atomic mass is 16.5. The maximum atomic E-state index is 5.97. The summed E-state index contributed by atoms with van der Waals surface area (Å²) in [7, 11) is 3.92. The molecule has 0 bridgehead atoms. The van der Waals surface area contributed by atoms with Crippen LogP contribution >= 0.6 is 0 Å². The first-order chi connectivity index (χ1) is 7.00. The first-order valence-corrected chi connectivity index (χ1v) is 5.19. The summed E-state index contributed by atoms with van der Waals surface area (Å²) in [6, 6.07) is 7.92. The van der Waals surface area contributed by atoms with E-state index in [0.29, 0.717) is 0 Å². The molecule has 0 aliphatic heterocycles. The van der Waals surface area contributed by atoms with E-state index < -0.39 is 0 Å². The summed E-state index contributed by atoms with van der Waals surface area (Å²) < 4.78 is 5.55. The summed E-state index contributed by atoms with van der Waals surface area (Å²) in [5.41, 5.74) is 7.07. The van der Waals surface area contributed by atoms with Crippen LogP contribution in [0.25, 0.3) is 0 Å². The third kappa shape index (κ3) is 3.53. The lowest BCUT2D eigenvalue weighted by Gasteiger charge is -2.20. The molecule has 1 atom stereocenters. The molecule has 3 heteroatoms. The fourth-order valence-electron chi connectivity index (χ4n) is 1.31. The van der Waals surface area contributed by atoms with Crippen molar-refractivity contribution in [2.24, 2.45) is 5.73 Å². The zero-order valence-electron chi connectivity index (χ0n) is 9.90. The predicted octanol–water partition coefficient (Wildman–Crippen LogP) is 1.99. The summed E-state index contributed by atoms with van der Waals surface area (Å²) in [6.07, 6.45) is 0.150. The minimum atomic E-state index is -0.0573. The molecule has 0 fully saturated rings. The van der Waals surface area contributed by atoms with Gasteiger partial charge in [0.05, 0.1) is 12.3 Å². The highest BCUT2D eigenvalue weighted by molar-refractivity contribution is 5.28. The number of benzene rings is 1. The third-order valence-corrected chi connectivity index (χ3v) is 2.15. The van der Waals surface area contributed by atoms with E-state index in [-0.39, 0.29) is 12.3 Å². The van der Waals surface area contributed by atoms with Crippen molar-refractivity contribution in [3.63, 3.8) is 0 Å². The molecule has 0 spiro atoms. The van der Waals surface area contributed by atoms with Crippen LogP contribution in [0.4, 0.5) is 0 Å². The average molecular weight is 208 g/mol. The Morgan fingerprint density at radius 1 is 1.13 bits per heavy atom. The fraction of sp³-hybridized carbons (Fsp3) is 0.500. The summed E-state index contributed by atoms with van der Waals surface area (Å²) >= 11 is 0. The Bertz CT molecular complexity index is 293. The van der Waals surface area contributed by atoms with Crippen LogP contribution in [0.3, 0.4) is 0 Å². The van der Waals surface area contributed by atoms with E-state index in [1.54, 1.807) is 0 Å². The van der Waals surface area contributed by atoms with Crippen LogP contribution in [0.15, 0.2) is 24.3 Å². The molecule has 1 aromatic rings. The molecule has 2 N–H and O–H groups in total. The van der Waals surface area contributed by atoms with E-state index in [0.717, 1.165) is 11.3 Å². The SMILES string of the molecule is CC(C)Oc1ccc(C(N)N(C)C)cc1. The molecule has 84 valence electrons. The van der Waals surface area contributed by atoms with Gasteiger partial charge in [0.15, 0.2) is 0 Å². The predicted molar refractivity (Wildman–Crippen MR) is 62.8 cm³/mol.